The molecular formula is C14H24ClNO2. The summed E-state index contributed by atoms with van der Waals surface area (Å²) in [6.45, 7) is 7.64. The van der Waals surface area contributed by atoms with Crippen molar-refractivity contribution in [3.8, 4) is 11.5 Å². The first-order valence-corrected chi connectivity index (χ1v) is 6.03. The summed E-state index contributed by atoms with van der Waals surface area (Å²) in [5.74, 6) is 1.57. The summed E-state index contributed by atoms with van der Waals surface area (Å²) in [5, 5.41) is 9.72. The molecule has 0 aliphatic heterocycles. The molecule has 104 valence electrons. The molecule has 0 unspecified atom stereocenters. The third-order valence-corrected chi connectivity index (χ3v) is 2.75. The van der Waals surface area contributed by atoms with E-state index in [1.165, 1.54) is 0 Å². The van der Waals surface area contributed by atoms with Crippen LogP contribution >= 0.6 is 12.4 Å². The predicted octanol–water partition coefficient (Wildman–Crippen LogP) is 3.19. The molecule has 0 amide bonds. The SMILES string of the molecule is Cc1cc(OCCN(C)C)c(C(C)C)cc1O.Cl. The van der Waals surface area contributed by atoms with Gasteiger partial charge in [0.1, 0.15) is 18.1 Å². The molecule has 1 aromatic rings. The summed E-state index contributed by atoms with van der Waals surface area (Å²) in [4.78, 5) is 2.09. The maximum absolute atomic E-state index is 9.72. The fourth-order valence-electron chi connectivity index (χ4n) is 1.60. The van der Waals surface area contributed by atoms with Crippen molar-refractivity contribution < 1.29 is 9.84 Å². The summed E-state index contributed by atoms with van der Waals surface area (Å²) in [6, 6.07) is 3.73. The zero-order chi connectivity index (χ0) is 13.0. The van der Waals surface area contributed by atoms with Gasteiger partial charge >= 0.3 is 0 Å². The third-order valence-electron chi connectivity index (χ3n) is 2.75. The highest BCUT2D eigenvalue weighted by atomic mass is 35.5. The number of hydrogen-bond acceptors (Lipinski definition) is 3. The number of nitrogens with zero attached hydrogens (tertiary/aromatic N) is 1. The molecular weight excluding hydrogens is 250 g/mol. The van der Waals surface area contributed by atoms with E-state index in [2.05, 4.69) is 18.7 Å². The minimum atomic E-state index is 0. The lowest BCUT2D eigenvalue weighted by Gasteiger charge is -2.17. The molecule has 3 nitrogen and oxygen atoms in total. The Bertz CT molecular complexity index is 378. The highest BCUT2D eigenvalue weighted by Gasteiger charge is 2.11. The Kier molecular flexibility index (Phi) is 7.11. The van der Waals surface area contributed by atoms with Gasteiger partial charge in [-0.05, 0) is 44.6 Å². The van der Waals surface area contributed by atoms with E-state index in [0.29, 0.717) is 18.3 Å². The van der Waals surface area contributed by atoms with Crippen LogP contribution in [-0.2, 0) is 0 Å². The fourth-order valence-corrected chi connectivity index (χ4v) is 1.60. The number of aromatic hydroxyl groups is 1. The molecule has 0 aliphatic carbocycles. The third kappa shape index (κ3) is 4.75. The van der Waals surface area contributed by atoms with Crippen LogP contribution in [0.25, 0.3) is 0 Å². The van der Waals surface area contributed by atoms with Crippen molar-refractivity contribution in [1.29, 1.82) is 0 Å². The topological polar surface area (TPSA) is 32.7 Å². The highest BCUT2D eigenvalue weighted by Crippen LogP contribution is 2.32. The molecule has 0 aromatic heterocycles. The van der Waals surface area contributed by atoms with Gasteiger partial charge in [-0.2, -0.15) is 0 Å². The summed E-state index contributed by atoms with van der Waals surface area (Å²) >= 11 is 0. The van der Waals surface area contributed by atoms with Gasteiger partial charge in [0.2, 0.25) is 0 Å². The Labute approximate surface area is 116 Å². The van der Waals surface area contributed by atoms with Crippen LogP contribution in [0.2, 0.25) is 0 Å². The summed E-state index contributed by atoms with van der Waals surface area (Å²) in [7, 11) is 4.05. The highest BCUT2D eigenvalue weighted by molar-refractivity contribution is 5.85. The molecule has 18 heavy (non-hydrogen) atoms. The van der Waals surface area contributed by atoms with Gasteiger partial charge in [0.15, 0.2) is 0 Å². The van der Waals surface area contributed by atoms with Gasteiger partial charge in [-0.3, -0.25) is 0 Å². The first-order valence-electron chi connectivity index (χ1n) is 6.03. The molecule has 1 N–H and O–H groups in total. The van der Waals surface area contributed by atoms with E-state index in [-0.39, 0.29) is 12.4 Å². The van der Waals surface area contributed by atoms with Crippen LogP contribution in [0.3, 0.4) is 0 Å². The molecule has 0 heterocycles. The standard InChI is InChI=1S/C14H23NO2.ClH/c1-10(2)12-9-13(16)11(3)8-14(12)17-7-6-15(4)5;/h8-10,16H,6-7H2,1-5H3;1H. The second kappa shape index (κ2) is 7.49. The number of halogens is 1. The predicted molar refractivity (Wildman–Crippen MR) is 78.2 cm³/mol. The number of phenols is 1. The van der Waals surface area contributed by atoms with E-state index >= 15 is 0 Å². The van der Waals surface area contributed by atoms with E-state index in [1.807, 2.05) is 33.2 Å². The maximum atomic E-state index is 9.72. The van der Waals surface area contributed by atoms with Gasteiger partial charge < -0.3 is 14.7 Å². The number of phenolic OH excluding ortho intramolecular Hbond substituents is 1. The molecule has 0 radical (unpaired) electrons. The van der Waals surface area contributed by atoms with Gasteiger partial charge in [-0.1, -0.05) is 13.8 Å². The van der Waals surface area contributed by atoms with Crippen molar-refractivity contribution in [3.63, 3.8) is 0 Å². The van der Waals surface area contributed by atoms with Crippen molar-refractivity contribution in [3.05, 3.63) is 23.3 Å². The quantitative estimate of drug-likeness (QED) is 0.894. The number of rotatable bonds is 5. The van der Waals surface area contributed by atoms with Crippen LogP contribution in [0, 0.1) is 6.92 Å². The molecule has 0 aliphatic rings. The van der Waals surface area contributed by atoms with Crippen LogP contribution in [0.5, 0.6) is 11.5 Å². The van der Waals surface area contributed by atoms with Gasteiger partial charge in [0.05, 0.1) is 0 Å². The second-order valence-electron chi connectivity index (χ2n) is 4.98. The smallest absolute Gasteiger partial charge is 0.123 e. The molecule has 4 heteroatoms. The Hall–Kier alpha value is -0.930. The lowest BCUT2D eigenvalue weighted by molar-refractivity contribution is 0.258. The molecule has 0 bridgehead atoms. The zero-order valence-corrected chi connectivity index (χ0v) is 12.7. The van der Waals surface area contributed by atoms with Crippen molar-refractivity contribution in [2.45, 2.75) is 26.7 Å². The van der Waals surface area contributed by atoms with Gasteiger partial charge in [0, 0.05) is 12.1 Å². The van der Waals surface area contributed by atoms with Crippen molar-refractivity contribution >= 4 is 12.4 Å². The first-order chi connectivity index (χ1) is 7.91. The largest absolute Gasteiger partial charge is 0.508 e. The molecule has 1 rings (SSSR count). The fraction of sp³-hybridized carbons (Fsp3) is 0.571. The molecule has 0 fully saturated rings. The normalized spacial score (nSPS) is 10.6. The average Bonchev–Trinajstić information content (AvgIpc) is 2.22. The molecule has 0 saturated heterocycles. The number of benzene rings is 1. The van der Waals surface area contributed by atoms with Crippen molar-refractivity contribution in [1.82, 2.24) is 4.90 Å². The van der Waals surface area contributed by atoms with Crippen molar-refractivity contribution in [2.75, 3.05) is 27.2 Å². The monoisotopic (exact) mass is 273 g/mol. The number of hydrogen-bond donors (Lipinski definition) is 1. The average molecular weight is 274 g/mol. The lowest BCUT2D eigenvalue weighted by atomic mass is 10.00. The minimum Gasteiger partial charge on any atom is -0.508 e. The van der Waals surface area contributed by atoms with Crippen LogP contribution in [-0.4, -0.2) is 37.3 Å². The van der Waals surface area contributed by atoms with Gasteiger partial charge in [0.25, 0.3) is 0 Å². The van der Waals surface area contributed by atoms with Crippen LogP contribution in [0.4, 0.5) is 0 Å². The Morgan fingerprint density at radius 1 is 1.28 bits per heavy atom. The number of ether oxygens (including phenoxy) is 1. The first kappa shape index (κ1) is 17.1. The summed E-state index contributed by atoms with van der Waals surface area (Å²) in [6.07, 6.45) is 0. The maximum Gasteiger partial charge on any atom is 0.123 e. The van der Waals surface area contributed by atoms with Crippen LogP contribution < -0.4 is 4.74 Å². The Balaban J connectivity index is 0.00000289. The lowest BCUT2D eigenvalue weighted by Crippen LogP contribution is -2.19. The van der Waals surface area contributed by atoms with Crippen LogP contribution in [0.1, 0.15) is 30.9 Å². The molecule has 0 spiro atoms. The number of aryl methyl sites for hydroxylation is 1. The molecule has 1 aromatic carbocycles. The molecule has 0 saturated carbocycles. The minimum absolute atomic E-state index is 0. The van der Waals surface area contributed by atoms with E-state index in [1.54, 1.807) is 0 Å². The van der Waals surface area contributed by atoms with Crippen LogP contribution in [0.15, 0.2) is 12.1 Å². The Morgan fingerprint density at radius 3 is 2.39 bits per heavy atom. The zero-order valence-electron chi connectivity index (χ0n) is 11.9. The second-order valence-corrected chi connectivity index (χ2v) is 4.98. The van der Waals surface area contributed by atoms with E-state index in [9.17, 15) is 5.11 Å². The summed E-state index contributed by atoms with van der Waals surface area (Å²) < 4.78 is 5.79. The Morgan fingerprint density at radius 2 is 1.89 bits per heavy atom. The van der Waals surface area contributed by atoms with Crippen molar-refractivity contribution in [2.24, 2.45) is 0 Å². The van der Waals surface area contributed by atoms with E-state index < -0.39 is 0 Å². The van der Waals surface area contributed by atoms with E-state index in [4.69, 9.17) is 4.74 Å². The van der Waals surface area contributed by atoms with E-state index in [0.717, 1.165) is 23.4 Å². The number of likely N-dealkylation sites (N-methyl/N-ethyl adjacent to an activating group) is 1. The van der Waals surface area contributed by atoms with Gasteiger partial charge in [-0.15, -0.1) is 12.4 Å². The molecule has 0 atom stereocenters. The van der Waals surface area contributed by atoms with Gasteiger partial charge in [-0.25, -0.2) is 0 Å². The summed E-state index contributed by atoms with van der Waals surface area (Å²) in [5.41, 5.74) is 1.92.